The van der Waals surface area contributed by atoms with E-state index in [0.717, 1.165) is 35.2 Å². The van der Waals surface area contributed by atoms with Crippen LogP contribution in [0.25, 0.3) is 0 Å². The minimum atomic E-state index is -0.204. The summed E-state index contributed by atoms with van der Waals surface area (Å²) in [7, 11) is 1.64. The zero-order valence-electron chi connectivity index (χ0n) is 16.5. The molecular formula is C22H27N3O3. The van der Waals surface area contributed by atoms with Crippen molar-refractivity contribution in [2.24, 2.45) is 0 Å². The van der Waals surface area contributed by atoms with Gasteiger partial charge in [-0.25, -0.2) is 4.79 Å². The predicted molar refractivity (Wildman–Crippen MR) is 110 cm³/mol. The van der Waals surface area contributed by atoms with Gasteiger partial charge in [-0.3, -0.25) is 4.79 Å². The number of anilines is 1. The van der Waals surface area contributed by atoms with Crippen LogP contribution in [-0.2, 0) is 17.7 Å². The van der Waals surface area contributed by atoms with E-state index in [2.05, 4.69) is 10.6 Å². The number of methoxy groups -OCH3 is 1. The Morgan fingerprint density at radius 2 is 2.00 bits per heavy atom. The molecule has 2 aromatic rings. The molecule has 0 atom stereocenters. The van der Waals surface area contributed by atoms with Crippen LogP contribution in [0.4, 0.5) is 10.5 Å². The summed E-state index contributed by atoms with van der Waals surface area (Å²) in [5, 5.41) is 5.66. The molecule has 0 bridgehead atoms. The van der Waals surface area contributed by atoms with E-state index in [1.54, 1.807) is 7.11 Å². The second-order valence-corrected chi connectivity index (χ2v) is 7.00. The minimum absolute atomic E-state index is 0.0171. The molecule has 2 N–H and O–H groups in total. The van der Waals surface area contributed by atoms with Gasteiger partial charge in [-0.1, -0.05) is 29.8 Å². The van der Waals surface area contributed by atoms with Crippen molar-refractivity contribution in [1.29, 1.82) is 0 Å². The SMILES string of the molecule is COCCCNC(=O)NCc1ccc2c(c1)N(C(=O)c1cccc(C)c1)CC2. The van der Waals surface area contributed by atoms with E-state index in [9.17, 15) is 9.59 Å². The Hall–Kier alpha value is -2.86. The fraction of sp³-hybridized carbons (Fsp3) is 0.364. The van der Waals surface area contributed by atoms with Gasteiger partial charge >= 0.3 is 6.03 Å². The number of hydrogen-bond acceptors (Lipinski definition) is 3. The Morgan fingerprint density at radius 3 is 2.79 bits per heavy atom. The van der Waals surface area contributed by atoms with Gasteiger partial charge in [-0.05, 0) is 49.1 Å². The van der Waals surface area contributed by atoms with Crippen molar-refractivity contribution in [2.45, 2.75) is 26.3 Å². The lowest BCUT2D eigenvalue weighted by Crippen LogP contribution is -2.35. The molecule has 0 saturated heterocycles. The fourth-order valence-corrected chi connectivity index (χ4v) is 3.34. The van der Waals surface area contributed by atoms with Crippen LogP contribution in [0.15, 0.2) is 42.5 Å². The number of nitrogens with zero attached hydrogens (tertiary/aromatic N) is 1. The number of fused-ring (bicyclic) bond motifs is 1. The maximum absolute atomic E-state index is 12.9. The molecule has 3 rings (SSSR count). The van der Waals surface area contributed by atoms with Crippen LogP contribution in [0, 0.1) is 6.92 Å². The highest BCUT2D eigenvalue weighted by Crippen LogP contribution is 2.30. The quantitative estimate of drug-likeness (QED) is 0.724. The van der Waals surface area contributed by atoms with E-state index in [1.165, 1.54) is 0 Å². The van der Waals surface area contributed by atoms with E-state index < -0.39 is 0 Å². The first-order valence-corrected chi connectivity index (χ1v) is 9.59. The molecule has 3 amide bonds. The van der Waals surface area contributed by atoms with Crippen LogP contribution in [0.5, 0.6) is 0 Å². The lowest BCUT2D eigenvalue weighted by molar-refractivity contribution is 0.0989. The summed E-state index contributed by atoms with van der Waals surface area (Å²) in [5.74, 6) is 0.0171. The zero-order valence-corrected chi connectivity index (χ0v) is 16.5. The zero-order chi connectivity index (χ0) is 19.9. The predicted octanol–water partition coefficient (Wildman–Crippen LogP) is 3.03. The fourth-order valence-electron chi connectivity index (χ4n) is 3.34. The number of carbonyl (C=O) groups excluding carboxylic acids is 2. The number of urea groups is 1. The monoisotopic (exact) mass is 381 g/mol. The summed E-state index contributed by atoms with van der Waals surface area (Å²) in [6.45, 7) is 4.27. The van der Waals surface area contributed by atoms with Crippen molar-refractivity contribution in [2.75, 3.05) is 31.7 Å². The molecule has 0 unspecified atom stereocenters. The summed E-state index contributed by atoms with van der Waals surface area (Å²) in [6, 6.07) is 13.5. The van der Waals surface area contributed by atoms with Gasteiger partial charge in [0.15, 0.2) is 0 Å². The van der Waals surface area contributed by atoms with Crippen molar-refractivity contribution < 1.29 is 14.3 Å². The number of amides is 3. The average Bonchev–Trinajstić information content (AvgIpc) is 3.12. The Bertz CT molecular complexity index is 851. The number of carbonyl (C=O) groups is 2. The van der Waals surface area contributed by atoms with Gasteiger partial charge in [-0.15, -0.1) is 0 Å². The van der Waals surface area contributed by atoms with Gasteiger partial charge in [0, 0.05) is 44.6 Å². The molecule has 6 nitrogen and oxygen atoms in total. The number of rotatable bonds is 7. The highest BCUT2D eigenvalue weighted by molar-refractivity contribution is 6.07. The first-order chi connectivity index (χ1) is 13.6. The molecule has 0 aromatic heterocycles. The Balaban J connectivity index is 1.63. The molecule has 0 fully saturated rings. The van der Waals surface area contributed by atoms with Gasteiger partial charge in [0.1, 0.15) is 0 Å². The van der Waals surface area contributed by atoms with Crippen LogP contribution < -0.4 is 15.5 Å². The van der Waals surface area contributed by atoms with E-state index >= 15 is 0 Å². The van der Waals surface area contributed by atoms with Gasteiger partial charge in [0.25, 0.3) is 5.91 Å². The van der Waals surface area contributed by atoms with Crippen LogP contribution in [0.3, 0.4) is 0 Å². The Kier molecular flexibility index (Phi) is 6.66. The third-order valence-corrected chi connectivity index (χ3v) is 4.82. The molecule has 1 aliphatic heterocycles. The van der Waals surface area contributed by atoms with Crippen molar-refractivity contribution in [3.8, 4) is 0 Å². The van der Waals surface area contributed by atoms with Crippen molar-refractivity contribution in [3.63, 3.8) is 0 Å². The molecule has 0 aliphatic carbocycles. The van der Waals surface area contributed by atoms with Crippen LogP contribution in [-0.4, -0.2) is 38.7 Å². The highest BCUT2D eigenvalue weighted by atomic mass is 16.5. The van der Waals surface area contributed by atoms with Gasteiger partial charge < -0.3 is 20.3 Å². The summed E-state index contributed by atoms with van der Waals surface area (Å²) < 4.78 is 4.96. The molecule has 2 aromatic carbocycles. The lowest BCUT2D eigenvalue weighted by atomic mass is 10.1. The molecule has 1 heterocycles. The molecular weight excluding hydrogens is 354 g/mol. The second kappa shape index (κ2) is 9.37. The van der Waals surface area contributed by atoms with E-state index in [4.69, 9.17) is 4.74 Å². The largest absolute Gasteiger partial charge is 0.385 e. The Morgan fingerprint density at radius 1 is 1.14 bits per heavy atom. The molecule has 1 aliphatic rings. The maximum Gasteiger partial charge on any atom is 0.315 e. The third-order valence-electron chi connectivity index (χ3n) is 4.82. The smallest absolute Gasteiger partial charge is 0.315 e. The van der Waals surface area contributed by atoms with Crippen LogP contribution in [0.2, 0.25) is 0 Å². The number of aryl methyl sites for hydroxylation is 1. The second-order valence-electron chi connectivity index (χ2n) is 7.00. The van der Waals surface area contributed by atoms with Gasteiger partial charge in [-0.2, -0.15) is 0 Å². The van der Waals surface area contributed by atoms with Crippen molar-refractivity contribution in [3.05, 3.63) is 64.7 Å². The van der Waals surface area contributed by atoms with Gasteiger partial charge in [0.2, 0.25) is 0 Å². The minimum Gasteiger partial charge on any atom is -0.385 e. The molecule has 28 heavy (non-hydrogen) atoms. The van der Waals surface area contributed by atoms with Crippen molar-refractivity contribution in [1.82, 2.24) is 10.6 Å². The van der Waals surface area contributed by atoms with Crippen LogP contribution >= 0.6 is 0 Å². The maximum atomic E-state index is 12.9. The number of hydrogen-bond donors (Lipinski definition) is 2. The third kappa shape index (κ3) is 4.89. The molecule has 0 saturated carbocycles. The summed E-state index contributed by atoms with van der Waals surface area (Å²) in [6.07, 6.45) is 1.62. The number of nitrogens with one attached hydrogen (secondary N) is 2. The number of benzene rings is 2. The standard InChI is InChI=1S/C22H27N3O3/c1-16-5-3-6-19(13-16)21(26)25-11-9-18-8-7-17(14-20(18)25)15-24-22(27)23-10-4-12-28-2/h3,5-8,13-14H,4,9-12,15H2,1-2H3,(H2,23,24,27). The summed E-state index contributed by atoms with van der Waals surface area (Å²) >= 11 is 0. The summed E-state index contributed by atoms with van der Waals surface area (Å²) in [4.78, 5) is 26.7. The van der Waals surface area contributed by atoms with Gasteiger partial charge in [0.05, 0.1) is 0 Å². The van der Waals surface area contributed by atoms with Crippen molar-refractivity contribution >= 4 is 17.6 Å². The topological polar surface area (TPSA) is 70.7 Å². The number of ether oxygens (including phenoxy) is 1. The lowest BCUT2D eigenvalue weighted by Gasteiger charge is -2.18. The summed E-state index contributed by atoms with van der Waals surface area (Å²) in [5.41, 5.74) is 4.83. The Labute approximate surface area is 165 Å². The van der Waals surface area contributed by atoms with E-state index in [-0.39, 0.29) is 11.9 Å². The first-order valence-electron chi connectivity index (χ1n) is 9.59. The molecule has 6 heteroatoms. The van der Waals surface area contributed by atoms with E-state index in [1.807, 2.05) is 54.3 Å². The molecule has 0 radical (unpaired) electrons. The molecule has 0 spiro atoms. The first kappa shape index (κ1) is 19.9. The normalized spacial score (nSPS) is 12.6. The highest BCUT2D eigenvalue weighted by Gasteiger charge is 2.25. The van der Waals surface area contributed by atoms with E-state index in [0.29, 0.717) is 31.8 Å². The average molecular weight is 381 g/mol. The van der Waals surface area contributed by atoms with Crippen LogP contribution in [0.1, 0.15) is 33.5 Å². The molecule has 148 valence electrons.